The maximum absolute atomic E-state index is 12.3. The molecular weight excluding hydrogens is 390 g/mol. The van der Waals surface area contributed by atoms with Crippen LogP contribution >= 0.6 is 0 Å². The number of rotatable bonds is 3. The van der Waals surface area contributed by atoms with E-state index in [-0.39, 0.29) is 5.57 Å². The normalized spacial score (nSPS) is 18.4. The van der Waals surface area contributed by atoms with Crippen molar-refractivity contribution in [3.63, 3.8) is 0 Å². The number of carbonyl (C=O) groups is 1. The van der Waals surface area contributed by atoms with Crippen LogP contribution in [0.2, 0.25) is 0 Å². The number of aliphatic carboxylic acids is 1. The van der Waals surface area contributed by atoms with Gasteiger partial charge in [0.05, 0.1) is 16.3 Å². The highest BCUT2D eigenvalue weighted by molar-refractivity contribution is 6.09. The van der Waals surface area contributed by atoms with Gasteiger partial charge in [0.1, 0.15) is 25.4 Å². The molecule has 0 amide bonds. The largest absolute Gasteiger partial charge is 0.478 e. The molecule has 1 unspecified atom stereocenters. The highest BCUT2D eigenvalue weighted by Crippen LogP contribution is 2.41. The first-order valence-corrected chi connectivity index (χ1v) is 9.86. The van der Waals surface area contributed by atoms with Crippen molar-refractivity contribution in [2.75, 3.05) is 19.8 Å². The molecule has 0 saturated heterocycles. The number of anilines is 1. The van der Waals surface area contributed by atoms with E-state index >= 15 is 0 Å². The van der Waals surface area contributed by atoms with Crippen LogP contribution < -0.4 is 11.1 Å². The lowest BCUT2D eigenvalue weighted by Gasteiger charge is -2.17. The minimum Gasteiger partial charge on any atom is -0.478 e. The van der Waals surface area contributed by atoms with Gasteiger partial charge in [0.2, 0.25) is 0 Å². The molecule has 1 aromatic rings. The van der Waals surface area contributed by atoms with E-state index in [1.807, 2.05) is 56.1 Å². The summed E-state index contributed by atoms with van der Waals surface area (Å²) >= 11 is 0. The Kier molecular flexibility index (Phi) is 4.85. The molecule has 1 heterocycles. The zero-order chi connectivity index (χ0) is 22.3. The standard InChI is InChI=1S/C25H23N3O3/c1-25(14-28(2)3)10-8-17(18(9-11-25)24(29)30)23-19-6-4-15(26)12-21(19)31-22-13-16(27)5-7-20(22)23/h4-14H,1-3H3,(H3-,26,27,29,30)/p+1. The summed E-state index contributed by atoms with van der Waals surface area (Å²) in [5.74, 6) is -0.512. The quantitative estimate of drug-likeness (QED) is 0.262. The Morgan fingerprint density at radius 1 is 1.16 bits per heavy atom. The summed E-state index contributed by atoms with van der Waals surface area (Å²) in [6.45, 7) is 2.02. The van der Waals surface area contributed by atoms with Crippen molar-refractivity contribution >= 4 is 34.4 Å². The number of nitrogens with one attached hydrogen (secondary N) is 1. The Hall–Kier alpha value is -3.93. The fourth-order valence-electron chi connectivity index (χ4n) is 4.00. The third-order valence-electron chi connectivity index (χ3n) is 5.29. The fraction of sp³-hybridized carbons (Fsp3) is 0.160. The summed E-state index contributed by atoms with van der Waals surface area (Å²) in [5, 5.41) is 19.1. The summed E-state index contributed by atoms with van der Waals surface area (Å²) in [6.07, 6.45) is 9.43. The predicted molar refractivity (Wildman–Crippen MR) is 122 cm³/mol. The lowest BCUT2D eigenvalue weighted by molar-refractivity contribution is -0.462. The molecular formula is C25H24N3O3+. The Labute approximate surface area is 179 Å². The van der Waals surface area contributed by atoms with Crippen LogP contribution in [0.25, 0.3) is 27.9 Å². The second kappa shape index (κ2) is 7.40. The first kappa shape index (κ1) is 20.3. The van der Waals surface area contributed by atoms with Gasteiger partial charge in [0.15, 0.2) is 6.21 Å². The number of nitrogens with zero attached hydrogens (tertiary/aromatic N) is 1. The molecule has 0 bridgehead atoms. The molecule has 4 N–H and O–H groups in total. The van der Waals surface area contributed by atoms with E-state index in [1.54, 1.807) is 36.4 Å². The SMILES string of the molecule is C[N+](C)=CC1(C)C=CC(C(=O)O)=C(c2c3ccc(=N)cc-3oc3cc(N)ccc23)C=C1. The summed E-state index contributed by atoms with van der Waals surface area (Å²) in [7, 11) is 3.87. The van der Waals surface area contributed by atoms with Crippen LogP contribution in [-0.2, 0) is 4.79 Å². The molecule has 0 fully saturated rings. The lowest BCUT2D eigenvalue weighted by Crippen LogP contribution is -2.17. The molecule has 6 nitrogen and oxygen atoms in total. The van der Waals surface area contributed by atoms with Crippen molar-refractivity contribution in [3.05, 3.63) is 77.2 Å². The Bertz CT molecular complexity index is 1370. The zero-order valence-electron chi connectivity index (χ0n) is 17.6. The van der Waals surface area contributed by atoms with Gasteiger partial charge in [0.25, 0.3) is 0 Å². The summed E-state index contributed by atoms with van der Waals surface area (Å²) < 4.78 is 7.98. The van der Waals surface area contributed by atoms with Gasteiger partial charge >= 0.3 is 5.97 Å². The van der Waals surface area contributed by atoms with E-state index in [2.05, 4.69) is 0 Å². The van der Waals surface area contributed by atoms with Gasteiger partial charge in [0, 0.05) is 34.3 Å². The Morgan fingerprint density at radius 2 is 1.90 bits per heavy atom. The highest BCUT2D eigenvalue weighted by Gasteiger charge is 2.27. The van der Waals surface area contributed by atoms with E-state index < -0.39 is 11.4 Å². The summed E-state index contributed by atoms with van der Waals surface area (Å²) in [4.78, 5) is 12.3. The van der Waals surface area contributed by atoms with Crippen LogP contribution in [0.15, 0.2) is 70.7 Å². The average Bonchev–Trinajstić information content (AvgIpc) is 2.84. The third-order valence-corrected chi connectivity index (χ3v) is 5.29. The molecule has 156 valence electrons. The molecule has 0 aromatic heterocycles. The van der Waals surface area contributed by atoms with Gasteiger partial charge in [-0.05, 0) is 42.8 Å². The van der Waals surface area contributed by atoms with Crippen LogP contribution in [0.5, 0.6) is 0 Å². The van der Waals surface area contributed by atoms with E-state index in [0.29, 0.717) is 28.0 Å². The molecule has 4 rings (SSSR count). The number of fused-ring (bicyclic) bond motifs is 2. The van der Waals surface area contributed by atoms with E-state index in [9.17, 15) is 9.90 Å². The van der Waals surface area contributed by atoms with Gasteiger partial charge in [-0.2, -0.15) is 0 Å². The van der Waals surface area contributed by atoms with Gasteiger partial charge in [-0.1, -0.05) is 18.2 Å². The van der Waals surface area contributed by atoms with Crippen molar-refractivity contribution in [1.29, 1.82) is 5.41 Å². The predicted octanol–water partition coefficient (Wildman–Crippen LogP) is 3.91. The minimum absolute atomic E-state index is 0.188. The maximum Gasteiger partial charge on any atom is 0.336 e. The number of carboxylic acid groups (broad SMARTS) is 1. The molecule has 0 spiro atoms. The molecule has 0 saturated carbocycles. The van der Waals surface area contributed by atoms with Gasteiger partial charge in [-0.25, -0.2) is 9.37 Å². The Balaban J connectivity index is 2.11. The molecule has 3 aliphatic rings. The first-order valence-electron chi connectivity index (χ1n) is 9.86. The van der Waals surface area contributed by atoms with Crippen molar-refractivity contribution < 1.29 is 18.9 Å². The molecule has 31 heavy (non-hydrogen) atoms. The molecule has 0 radical (unpaired) electrons. The van der Waals surface area contributed by atoms with Crippen molar-refractivity contribution in [1.82, 2.24) is 0 Å². The molecule has 1 aromatic carbocycles. The van der Waals surface area contributed by atoms with Crippen LogP contribution in [0.1, 0.15) is 12.5 Å². The monoisotopic (exact) mass is 414 g/mol. The number of nitrogen functional groups attached to an aromatic ring is 1. The fourth-order valence-corrected chi connectivity index (χ4v) is 4.00. The topological polar surface area (TPSA) is 103 Å². The number of nitrogens with two attached hydrogens (primary N) is 1. The summed E-state index contributed by atoms with van der Waals surface area (Å²) in [5.41, 5.74) is 8.84. The van der Waals surface area contributed by atoms with Crippen molar-refractivity contribution in [2.24, 2.45) is 5.41 Å². The minimum atomic E-state index is -1.01. The van der Waals surface area contributed by atoms with Crippen molar-refractivity contribution in [2.45, 2.75) is 6.92 Å². The van der Waals surface area contributed by atoms with Crippen LogP contribution in [-0.4, -0.2) is 36.0 Å². The van der Waals surface area contributed by atoms with Gasteiger partial charge in [-0.15, -0.1) is 0 Å². The number of benzene rings is 2. The van der Waals surface area contributed by atoms with Crippen LogP contribution in [0.3, 0.4) is 0 Å². The third kappa shape index (κ3) is 3.80. The van der Waals surface area contributed by atoms with Crippen LogP contribution in [0.4, 0.5) is 5.69 Å². The van der Waals surface area contributed by atoms with E-state index in [4.69, 9.17) is 15.6 Å². The van der Waals surface area contributed by atoms with Gasteiger partial charge < -0.3 is 20.7 Å². The summed E-state index contributed by atoms with van der Waals surface area (Å²) in [6, 6.07) is 10.4. The highest BCUT2D eigenvalue weighted by atomic mass is 16.4. The number of hydrogen-bond acceptors (Lipinski definition) is 4. The molecule has 1 aliphatic heterocycles. The maximum atomic E-state index is 12.3. The molecule has 6 heteroatoms. The number of carboxylic acids is 1. The Morgan fingerprint density at radius 3 is 2.61 bits per heavy atom. The first-order chi connectivity index (χ1) is 14.7. The number of hydrogen-bond donors (Lipinski definition) is 3. The van der Waals surface area contributed by atoms with E-state index in [0.717, 1.165) is 16.5 Å². The van der Waals surface area contributed by atoms with Gasteiger partial charge in [-0.3, -0.25) is 0 Å². The smallest absolute Gasteiger partial charge is 0.336 e. The number of allylic oxidation sites excluding steroid dienone is 4. The second-order valence-electron chi connectivity index (χ2n) is 8.20. The van der Waals surface area contributed by atoms with Crippen molar-refractivity contribution in [3.8, 4) is 11.3 Å². The average molecular weight is 414 g/mol. The second-order valence-corrected chi connectivity index (χ2v) is 8.20. The van der Waals surface area contributed by atoms with Crippen LogP contribution in [0, 0.1) is 10.8 Å². The molecule has 2 aliphatic carbocycles. The lowest BCUT2D eigenvalue weighted by atomic mass is 9.89. The molecule has 1 atom stereocenters. The van der Waals surface area contributed by atoms with E-state index in [1.165, 1.54) is 0 Å². The zero-order valence-corrected chi connectivity index (χ0v) is 17.6.